The van der Waals surface area contributed by atoms with Crippen LogP contribution in [0.25, 0.3) is 0 Å². The molecule has 0 bridgehead atoms. The third kappa shape index (κ3) is 2.91. The highest BCUT2D eigenvalue weighted by molar-refractivity contribution is 7.89. The van der Waals surface area contributed by atoms with Gasteiger partial charge >= 0.3 is 0 Å². The SMILES string of the molecule is CC1COC(CCl)CN1S(=O)(=O)c1ccccc1F. The van der Waals surface area contributed by atoms with E-state index in [-0.39, 0.29) is 36.1 Å². The summed E-state index contributed by atoms with van der Waals surface area (Å²) in [6.07, 6.45) is -0.362. The van der Waals surface area contributed by atoms with E-state index >= 15 is 0 Å². The molecule has 1 aromatic carbocycles. The predicted octanol–water partition coefficient (Wildman–Crippen LogP) is 1.84. The molecule has 1 saturated heterocycles. The van der Waals surface area contributed by atoms with Crippen molar-refractivity contribution >= 4 is 21.6 Å². The highest BCUT2D eigenvalue weighted by Crippen LogP contribution is 2.24. The van der Waals surface area contributed by atoms with Crippen molar-refractivity contribution in [3.63, 3.8) is 0 Å². The van der Waals surface area contributed by atoms with Gasteiger partial charge < -0.3 is 4.74 Å². The van der Waals surface area contributed by atoms with Crippen molar-refractivity contribution < 1.29 is 17.5 Å². The molecule has 0 aromatic heterocycles. The second-order valence-corrected chi connectivity index (χ2v) is 6.63. The smallest absolute Gasteiger partial charge is 0.246 e. The van der Waals surface area contributed by atoms with Crippen molar-refractivity contribution in [2.45, 2.75) is 24.0 Å². The van der Waals surface area contributed by atoms with E-state index in [2.05, 4.69) is 0 Å². The van der Waals surface area contributed by atoms with Gasteiger partial charge in [0.2, 0.25) is 10.0 Å². The van der Waals surface area contributed by atoms with Crippen LogP contribution in [-0.4, -0.2) is 43.9 Å². The molecule has 106 valence electrons. The summed E-state index contributed by atoms with van der Waals surface area (Å²) in [4.78, 5) is -0.308. The molecule has 7 heteroatoms. The lowest BCUT2D eigenvalue weighted by atomic mass is 10.2. The van der Waals surface area contributed by atoms with Crippen LogP contribution in [0.1, 0.15) is 6.92 Å². The number of sulfonamides is 1. The van der Waals surface area contributed by atoms with Gasteiger partial charge in [-0.25, -0.2) is 12.8 Å². The molecule has 0 saturated carbocycles. The number of benzene rings is 1. The highest BCUT2D eigenvalue weighted by Gasteiger charge is 2.36. The number of morpholine rings is 1. The van der Waals surface area contributed by atoms with Crippen molar-refractivity contribution in [2.75, 3.05) is 19.0 Å². The highest BCUT2D eigenvalue weighted by atomic mass is 35.5. The minimum atomic E-state index is -3.87. The van der Waals surface area contributed by atoms with Gasteiger partial charge in [0.15, 0.2) is 0 Å². The van der Waals surface area contributed by atoms with Crippen molar-refractivity contribution in [1.82, 2.24) is 4.31 Å². The number of ether oxygens (including phenoxy) is 1. The molecule has 0 spiro atoms. The Labute approximate surface area is 117 Å². The average molecular weight is 308 g/mol. The first-order chi connectivity index (χ1) is 8.96. The fourth-order valence-electron chi connectivity index (χ4n) is 2.00. The summed E-state index contributed by atoms with van der Waals surface area (Å²) < 4.78 is 45.3. The molecule has 1 heterocycles. The molecule has 0 radical (unpaired) electrons. The third-order valence-electron chi connectivity index (χ3n) is 3.04. The first-order valence-corrected chi connectivity index (χ1v) is 7.88. The van der Waals surface area contributed by atoms with Gasteiger partial charge in [0.25, 0.3) is 0 Å². The van der Waals surface area contributed by atoms with Gasteiger partial charge in [0.05, 0.1) is 12.7 Å². The Kier molecular flexibility index (Phi) is 4.45. The minimum absolute atomic E-state index is 0.140. The van der Waals surface area contributed by atoms with E-state index in [0.29, 0.717) is 0 Å². The number of rotatable bonds is 3. The monoisotopic (exact) mass is 307 g/mol. The van der Waals surface area contributed by atoms with Gasteiger partial charge in [-0.2, -0.15) is 4.31 Å². The zero-order valence-electron chi connectivity index (χ0n) is 10.4. The maximum Gasteiger partial charge on any atom is 0.246 e. The van der Waals surface area contributed by atoms with Gasteiger partial charge in [-0.3, -0.25) is 0 Å². The van der Waals surface area contributed by atoms with Gasteiger partial charge in [0, 0.05) is 18.5 Å². The summed E-state index contributed by atoms with van der Waals surface area (Å²) in [6, 6.07) is 5.02. The van der Waals surface area contributed by atoms with Crippen LogP contribution >= 0.6 is 11.6 Å². The molecule has 0 aliphatic carbocycles. The molecular formula is C12H15ClFNO3S. The van der Waals surface area contributed by atoms with E-state index in [1.165, 1.54) is 22.5 Å². The summed E-state index contributed by atoms with van der Waals surface area (Å²) in [6.45, 7) is 2.12. The molecule has 2 unspecified atom stereocenters. The molecule has 2 rings (SSSR count). The van der Waals surface area contributed by atoms with Crippen LogP contribution in [-0.2, 0) is 14.8 Å². The average Bonchev–Trinajstić information content (AvgIpc) is 2.39. The van der Waals surface area contributed by atoms with E-state index in [1.807, 2.05) is 0 Å². The van der Waals surface area contributed by atoms with Crippen LogP contribution in [0.2, 0.25) is 0 Å². The lowest BCUT2D eigenvalue weighted by Crippen LogP contribution is -2.51. The summed E-state index contributed by atoms with van der Waals surface area (Å²) >= 11 is 5.70. The maximum absolute atomic E-state index is 13.7. The van der Waals surface area contributed by atoms with E-state index in [1.54, 1.807) is 6.92 Å². The number of halogens is 2. The normalized spacial score (nSPS) is 25.4. The van der Waals surface area contributed by atoms with Crippen LogP contribution in [0, 0.1) is 5.82 Å². The molecule has 19 heavy (non-hydrogen) atoms. The fourth-order valence-corrected chi connectivity index (χ4v) is 3.90. The lowest BCUT2D eigenvalue weighted by molar-refractivity contribution is -0.0152. The van der Waals surface area contributed by atoms with Crippen LogP contribution in [0.3, 0.4) is 0 Å². The summed E-state index contributed by atoms with van der Waals surface area (Å²) in [5.41, 5.74) is 0. The Hall–Kier alpha value is -0.690. The zero-order valence-corrected chi connectivity index (χ0v) is 12.0. The third-order valence-corrected chi connectivity index (χ3v) is 5.40. The molecule has 0 N–H and O–H groups in total. The lowest BCUT2D eigenvalue weighted by Gasteiger charge is -2.36. The zero-order chi connectivity index (χ0) is 14.0. The van der Waals surface area contributed by atoms with Gasteiger partial charge in [-0.15, -0.1) is 11.6 Å². The van der Waals surface area contributed by atoms with E-state index in [0.717, 1.165) is 6.07 Å². The summed E-state index contributed by atoms with van der Waals surface area (Å²) in [5, 5.41) is 0. The minimum Gasteiger partial charge on any atom is -0.374 e. The Morgan fingerprint density at radius 1 is 1.47 bits per heavy atom. The van der Waals surface area contributed by atoms with Crippen molar-refractivity contribution in [1.29, 1.82) is 0 Å². The van der Waals surface area contributed by atoms with Gasteiger partial charge in [-0.1, -0.05) is 12.1 Å². The van der Waals surface area contributed by atoms with Crippen molar-refractivity contribution in [3.05, 3.63) is 30.1 Å². The maximum atomic E-state index is 13.7. The summed E-state index contributed by atoms with van der Waals surface area (Å²) in [5.74, 6) is -0.542. The predicted molar refractivity (Wildman–Crippen MR) is 70.2 cm³/mol. The first-order valence-electron chi connectivity index (χ1n) is 5.90. The van der Waals surface area contributed by atoms with Crippen LogP contribution in [0.4, 0.5) is 4.39 Å². The van der Waals surface area contributed by atoms with E-state index < -0.39 is 15.8 Å². The molecule has 2 atom stereocenters. The van der Waals surface area contributed by atoms with Gasteiger partial charge in [-0.05, 0) is 19.1 Å². The van der Waals surface area contributed by atoms with Crippen molar-refractivity contribution in [2.24, 2.45) is 0 Å². The fraction of sp³-hybridized carbons (Fsp3) is 0.500. The Morgan fingerprint density at radius 3 is 2.79 bits per heavy atom. The van der Waals surface area contributed by atoms with Crippen LogP contribution < -0.4 is 0 Å². The molecule has 1 aromatic rings. The van der Waals surface area contributed by atoms with E-state index in [9.17, 15) is 12.8 Å². The topological polar surface area (TPSA) is 46.6 Å². The Bertz CT molecular complexity index is 552. The second-order valence-electron chi connectivity index (χ2n) is 4.46. The quantitative estimate of drug-likeness (QED) is 0.801. The molecule has 4 nitrogen and oxygen atoms in total. The summed E-state index contributed by atoms with van der Waals surface area (Å²) in [7, 11) is -3.87. The molecular weight excluding hydrogens is 293 g/mol. The first kappa shape index (κ1) is 14.7. The Morgan fingerprint density at radius 2 is 2.16 bits per heavy atom. The Balaban J connectivity index is 2.36. The second kappa shape index (κ2) is 5.75. The largest absolute Gasteiger partial charge is 0.374 e. The number of hydrogen-bond acceptors (Lipinski definition) is 3. The van der Waals surface area contributed by atoms with Gasteiger partial charge in [0.1, 0.15) is 10.7 Å². The standard InChI is InChI=1S/C12H15ClFNO3S/c1-9-8-18-10(6-13)7-15(9)19(16,17)12-5-3-2-4-11(12)14/h2-5,9-10H,6-8H2,1H3. The number of nitrogens with zero attached hydrogens (tertiary/aromatic N) is 1. The molecule has 1 aliphatic rings. The van der Waals surface area contributed by atoms with Crippen molar-refractivity contribution in [3.8, 4) is 0 Å². The molecule has 0 amide bonds. The molecule has 1 aliphatic heterocycles. The number of hydrogen-bond donors (Lipinski definition) is 0. The van der Waals surface area contributed by atoms with Crippen LogP contribution in [0.15, 0.2) is 29.2 Å². The van der Waals surface area contributed by atoms with E-state index in [4.69, 9.17) is 16.3 Å². The number of alkyl halides is 1. The van der Waals surface area contributed by atoms with Crippen LogP contribution in [0.5, 0.6) is 0 Å². The molecule has 1 fully saturated rings.